The first-order valence-electron chi connectivity index (χ1n) is 6.31. The van der Waals surface area contributed by atoms with Gasteiger partial charge >= 0.3 is 0 Å². The van der Waals surface area contributed by atoms with Gasteiger partial charge < -0.3 is 5.32 Å². The first-order chi connectivity index (χ1) is 9.52. The van der Waals surface area contributed by atoms with Crippen LogP contribution in [0.25, 0.3) is 0 Å². The second-order valence-electron chi connectivity index (χ2n) is 4.67. The van der Waals surface area contributed by atoms with E-state index >= 15 is 0 Å². The van der Waals surface area contributed by atoms with Crippen LogP contribution < -0.4 is 5.32 Å². The van der Waals surface area contributed by atoms with Gasteiger partial charge in [0.15, 0.2) is 11.6 Å². The molecule has 0 amide bonds. The summed E-state index contributed by atoms with van der Waals surface area (Å²) in [5.74, 6) is -1.69. The van der Waals surface area contributed by atoms with Crippen molar-refractivity contribution in [2.24, 2.45) is 7.05 Å². The van der Waals surface area contributed by atoms with Gasteiger partial charge in [-0.3, -0.25) is 4.68 Å². The summed E-state index contributed by atoms with van der Waals surface area (Å²) >= 11 is 3.13. The van der Waals surface area contributed by atoms with E-state index in [1.54, 1.807) is 10.7 Å². The van der Waals surface area contributed by atoms with E-state index < -0.39 is 11.6 Å². The fourth-order valence-electron chi connectivity index (χ4n) is 2.18. The van der Waals surface area contributed by atoms with E-state index in [-0.39, 0.29) is 10.5 Å². The van der Waals surface area contributed by atoms with Crippen LogP contribution in [-0.2, 0) is 13.5 Å². The second kappa shape index (κ2) is 6.45. The standard InChI is InChI=1S/C14H16BrF2N3/c1-18-12(6-3-9-7-19-20(2)8-9)10-4-5-11(16)14(17)13(10)15/h4-5,7-8,12,18H,3,6H2,1-2H3. The molecule has 6 heteroatoms. The van der Waals surface area contributed by atoms with E-state index in [1.165, 1.54) is 0 Å². The number of rotatable bonds is 5. The number of benzene rings is 1. The van der Waals surface area contributed by atoms with Crippen LogP contribution >= 0.6 is 15.9 Å². The molecule has 1 heterocycles. The molecule has 1 aromatic carbocycles. The largest absolute Gasteiger partial charge is 0.313 e. The third-order valence-corrected chi connectivity index (χ3v) is 4.07. The Hall–Kier alpha value is -1.27. The Morgan fingerprint density at radius 1 is 1.40 bits per heavy atom. The van der Waals surface area contributed by atoms with Crippen molar-refractivity contribution in [1.82, 2.24) is 15.1 Å². The van der Waals surface area contributed by atoms with Crippen molar-refractivity contribution < 1.29 is 8.78 Å². The van der Waals surface area contributed by atoms with Gasteiger partial charge in [-0.25, -0.2) is 8.78 Å². The molecule has 1 N–H and O–H groups in total. The van der Waals surface area contributed by atoms with Gasteiger partial charge in [-0.1, -0.05) is 6.07 Å². The molecule has 0 radical (unpaired) electrons. The predicted octanol–water partition coefficient (Wildman–Crippen LogP) is 3.35. The number of halogens is 3. The lowest BCUT2D eigenvalue weighted by atomic mass is 10.00. The maximum absolute atomic E-state index is 13.6. The molecule has 108 valence electrons. The minimum Gasteiger partial charge on any atom is -0.313 e. The summed E-state index contributed by atoms with van der Waals surface area (Å²) in [6.07, 6.45) is 5.34. The number of hydrogen-bond acceptors (Lipinski definition) is 2. The summed E-state index contributed by atoms with van der Waals surface area (Å²) < 4.78 is 28.7. The third kappa shape index (κ3) is 3.24. The number of nitrogens with zero attached hydrogens (tertiary/aromatic N) is 2. The van der Waals surface area contributed by atoms with Crippen molar-refractivity contribution in [1.29, 1.82) is 0 Å². The summed E-state index contributed by atoms with van der Waals surface area (Å²) in [5.41, 5.74) is 1.83. The first kappa shape index (κ1) is 15.1. The van der Waals surface area contributed by atoms with Gasteiger partial charge in [-0.05, 0) is 53.0 Å². The topological polar surface area (TPSA) is 29.9 Å². The molecular weight excluding hydrogens is 328 g/mol. The van der Waals surface area contributed by atoms with Crippen LogP contribution in [0.5, 0.6) is 0 Å². The molecule has 0 fully saturated rings. The molecule has 1 atom stereocenters. The van der Waals surface area contributed by atoms with Crippen LogP contribution in [0.2, 0.25) is 0 Å². The maximum atomic E-state index is 13.6. The van der Waals surface area contributed by atoms with Crippen LogP contribution in [0.4, 0.5) is 8.78 Å². The van der Waals surface area contributed by atoms with Gasteiger partial charge in [-0.15, -0.1) is 0 Å². The van der Waals surface area contributed by atoms with E-state index in [0.29, 0.717) is 0 Å². The van der Waals surface area contributed by atoms with Crippen LogP contribution in [0.1, 0.15) is 23.6 Å². The van der Waals surface area contributed by atoms with Crippen molar-refractivity contribution in [3.8, 4) is 0 Å². The lowest BCUT2D eigenvalue weighted by molar-refractivity contribution is 0.491. The number of hydrogen-bond donors (Lipinski definition) is 1. The molecule has 20 heavy (non-hydrogen) atoms. The zero-order valence-electron chi connectivity index (χ0n) is 11.3. The third-order valence-electron chi connectivity index (χ3n) is 3.27. The zero-order chi connectivity index (χ0) is 14.7. The Morgan fingerprint density at radius 3 is 2.75 bits per heavy atom. The Morgan fingerprint density at radius 2 is 2.15 bits per heavy atom. The van der Waals surface area contributed by atoms with Crippen LogP contribution in [0, 0.1) is 11.6 Å². The van der Waals surface area contributed by atoms with Crippen LogP contribution in [0.15, 0.2) is 29.0 Å². The maximum Gasteiger partial charge on any atom is 0.173 e. The van der Waals surface area contributed by atoms with Crippen LogP contribution in [-0.4, -0.2) is 16.8 Å². The van der Waals surface area contributed by atoms with Crippen molar-refractivity contribution in [2.75, 3.05) is 7.05 Å². The van der Waals surface area contributed by atoms with Crippen LogP contribution in [0.3, 0.4) is 0 Å². The molecule has 0 saturated carbocycles. The highest BCUT2D eigenvalue weighted by atomic mass is 79.9. The van der Waals surface area contributed by atoms with Gasteiger partial charge in [0, 0.05) is 19.3 Å². The Bertz CT molecular complexity index is 598. The Balaban J connectivity index is 2.14. The second-order valence-corrected chi connectivity index (χ2v) is 5.46. The quantitative estimate of drug-likeness (QED) is 0.843. The van der Waals surface area contributed by atoms with E-state index in [4.69, 9.17) is 0 Å². The zero-order valence-corrected chi connectivity index (χ0v) is 12.9. The molecular formula is C14H16BrF2N3. The number of aromatic nitrogens is 2. The molecule has 3 nitrogen and oxygen atoms in total. The highest BCUT2D eigenvalue weighted by Crippen LogP contribution is 2.30. The molecule has 0 aliphatic heterocycles. The molecule has 2 rings (SSSR count). The lowest BCUT2D eigenvalue weighted by Gasteiger charge is -2.18. The average molecular weight is 344 g/mol. The van der Waals surface area contributed by atoms with Crippen molar-refractivity contribution in [3.63, 3.8) is 0 Å². The monoisotopic (exact) mass is 343 g/mol. The molecule has 1 unspecified atom stereocenters. The van der Waals surface area contributed by atoms with Crippen molar-refractivity contribution in [2.45, 2.75) is 18.9 Å². The van der Waals surface area contributed by atoms with Crippen molar-refractivity contribution in [3.05, 3.63) is 51.8 Å². The first-order valence-corrected chi connectivity index (χ1v) is 7.10. The molecule has 0 spiro atoms. The number of aryl methyl sites for hydroxylation is 2. The van der Waals surface area contributed by atoms with E-state index in [1.807, 2.05) is 26.5 Å². The fraction of sp³-hybridized carbons (Fsp3) is 0.357. The fourth-order valence-corrected chi connectivity index (χ4v) is 2.78. The minimum absolute atomic E-state index is 0.0559. The predicted molar refractivity (Wildman–Crippen MR) is 77.4 cm³/mol. The molecule has 0 bridgehead atoms. The normalized spacial score (nSPS) is 12.7. The van der Waals surface area contributed by atoms with E-state index in [9.17, 15) is 8.78 Å². The SMILES string of the molecule is CNC(CCc1cnn(C)c1)c1ccc(F)c(F)c1Br. The summed E-state index contributed by atoms with van der Waals surface area (Å²) in [4.78, 5) is 0. The molecule has 0 aliphatic rings. The van der Waals surface area contributed by atoms with E-state index in [0.717, 1.165) is 30.0 Å². The smallest absolute Gasteiger partial charge is 0.173 e. The lowest BCUT2D eigenvalue weighted by Crippen LogP contribution is -2.18. The Kier molecular flexibility index (Phi) is 4.88. The van der Waals surface area contributed by atoms with E-state index in [2.05, 4.69) is 26.3 Å². The molecule has 2 aromatic rings. The van der Waals surface area contributed by atoms with Gasteiger partial charge in [-0.2, -0.15) is 5.10 Å². The van der Waals surface area contributed by atoms with Gasteiger partial charge in [0.05, 0.1) is 10.7 Å². The van der Waals surface area contributed by atoms with Gasteiger partial charge in [0.25, 0.3) is 0 Å². The average Bonchev–Trinajstić information content (AvgIpc) is 2.84. The minimum atomic E-state index is -0.845. The highest BCUT2D eigenvalue weighted by molar-refractivity contribution is 9.10. The summed E-state index contributed by atoms with van der Waals surface area (Å²) in [7, 11) is 3.67. The summed E-state index contributed by atoms with van der Waals surface area (Å²) in [5, 5.41) is 7.25. The molecule has 0 saturated heterocycles. The molecule has 0 aliphatic carbocycles. The number of nitrogens with one attached hydrogen (secondary N) is 1. The molecule has 1 aromatic heterocycles. The highest BCUT2D eigenvalue weighted by Gasteiger charge is 2.18. The van der Waals surface area contributed by atoms with Crippen molar-refractivity contribution >= 4 is 15.9 Å². The Labute approximate surface area is 125 Å². The van der Waals surface area contributed by atoms with Gasteiger partial charge in [0.1, 0.15) is 0 Å². The van der Waals surface area contributed by atoms with Gasteiger partial charge in [0.2, 0.25) is 0 Å². The summed E-state index contributed by atoms with van der Waals surface area (Å²) in [6, 6.07) is 2.70. The summed E-state index contributed by atoms with van der Waals surface area (Å²) in [6.45, 7) is 0.